The number of fused-ring (bicyclic) bond motifs is 1. The van der Waals surface area contributed by atoms with Gasteiger partial charge < -0.3 is 5.11 Å². The highest BCUT2D eigenvalue weighted by atomic mass is 32.2. The molecule has 6 heteroatoms. The molecule has 0 heterocycles. The topological polar surface area (TPSA) is 66.4 Å². The summed E-state index contributed by atoms with van der Waals surface area (Å²) in [6, 6.07) is 13.8. The van der Waals surface area contributed by atoms with E-state index < -0.39 is 26.4 Å². The largest absolute Gasteiger partial charge is 0.388 e. The van der Waals surface area contributed by atoms with Gasteiger partial charge in [0.05, 0.1) is 16.4 Å². The Morgan fingerprint density at radius 2 is 1.63 bits per heavy atom. The first-order valence-corrected chi connectivity index (χ1v) is 11.8. The van der Waals surface area contributed by atoms with Gasteiger partial charge in [-0.1, -0.05) is 44.2 Å². The molecule has 2 N–H and O–H groups in total. The van der Waals surface area contributed by atoms with Crippen LogP contribution < -0.4 is 4.72 Å². The van der Waals surface area contributed by atoms with Crippen LogP contribution in [0, 0.1) is 0 Å². The molecule has 1 atom stereocenters. The number of thioether (sulfide) groups is 1. The summed E-state index contributed by atoms with van der Waals surface area (Å²) >= 11 is 1.57. The van der Waals surface area contributed by atoms with Crippen molar-refractivity contribution in [1.82, 2.24) is 4.72 Å². The van der Waals surface area contributed by atoms with Crippen molar-refractivity contribution in [3.05, 3.63) is 42.5 Å². The van der Waals surface area contributed by atoms with E-state index in [1.807, 2.05) is 32.0 Å². The number of aliphatic hydroxyl groups is 1. The molecular weight excluding hydrogens is 378 g/mol. The van der Waals surface area contributed by atoms with Crippen LogP contribution in [0.3, 0.4) is 0 Å². The number of hydrogen-bond acceptors (Lipinski definition) is 4. The minimum absolute atomic E-state index is 0.464. The summed E-state index contributed by atoms with van der Waals surface area (Å²) < 4.78 is 27.2. The molecular formula is C21H31NO3S2. The fourth-order valence-electron chi connectivity index (χ4n) is 2.84. The number of nitrogens with one attached hydrogen (secondary N) is 1. The van der Waals surface area contributed by atoms with E-state index in [2.05, 4.69) is 29.0 Å². The average Bonchev–Trinajstić information content (AvgIpc) is 2.63. The molecule has 0 aliphatic heterocycles. The van der Waals surface area contributed by atoms with Crippen molar-refractivity contribution in [2.75, 3.05) is 5.75 Å². The van der Waals surface area contributed by atoms with Gasteiger partial charge in [-0.15, -0.1) is 11.8 Å². The Kier molecular flexibility index (Phi) is 7.01. The summed E-state index contributed by atoms with van der Waals surface area (Å²) in [5.41, 5.74) is -1.08. The number of rotatable bonds is 8. The SMILES string of the molecule is CCC(O)(CC)[C@@H](CSc1ccc2ccccc2c1)NS(=O)(=O)C(C)(C)C. The highest BCUT2D eigenvalue weighted by Gasteiger charge is 2.39. The zero-order valence-corrected chi connectivity index (χ0v) is 18.5. The standard InChI is InChI=1S/C21H31NO3S2/c1-6-21(23,7-2)19(22-27(24,25)20(3,4)5)15-26-18-13-12-16-10-8-9-11-17(16)14-18/h8-14,19,22-23H,6-7,15H2,1-5H3/t19-/m1/s1. The van der Waals surface area contributed by atoms with Crippen LogP contribution >= 0.6 is 11.8 Å². The molecule has 0 spiro atoms. The van der Waals surface area contributed by atoms with Gasteiger partial charge in [0.25, 0.3) is 0 Å². The summed E-state index contributed by atoms with van der Waals surface area (Å²) in [6.45, 7) is 8.78. The number of hydrogen-bond donors (Lipinski definition) is 2. The van der Waals surface area contributed by atoms with Crippen molar-refractivity contribution in [3.8, 4) is 0 Å². The van der Waals surface area contributed by atoms with E-state index >= 15 is 0 Å². The fourth-order valence-corrected chi connectivity index (χ4v) is 5.11. The molecule has 4 nitrogen and oxygen atoms in total. The Morgan fingerprint density at radius 1 is 1.04 bits per heavy atom. The average molecular weight is 410 g/mol. The second-order valence-electron chi connectivity index (χ2n) is 7.92. The first-order valence-electron chi connectivity index (χ1n) is 9.38. The highest BCUT2D eigenvalue weighted by Crippen LogP contribution is 2.30. The molecule has 0 amide bonds. The lowest BCUT2D eigenvalue weighted by Crippen LogP contribution is -2.56. The van der Waals surface area contributed by atoms with Gasteiger partial charge in [0, 0.05) is 10.6 Å². The minimum atomic E-state index is -3.56. The molecule has 0 saturated heterocycles. The van der Waals surface area contributed by atoms with Gasteiger partial charge in [-0.2, -0.15) is 0 Å². The van der Waals surface area contributed by atoms with E-state index in [-0.39, 0.29) is 0 Å². The van der Waals surface area contributed by atoms with Crippen molar-refractivity contribution >= 4 is 32.6 Å². The van der Waals surface area contributed by atoms with Gasteiger partial charge >= 0.3 is 0 Å². The monoisotopic (exact) mass is 409 g/mol. The van der Waals surface area contributed by atoms with E-state index in [0.717, 1.165) is 10.3 Å². The van der Waals surface area contributed by atoms with Gasteiger partial charge in [-0.05, 0) is 56.5 Å². The molecule has 2 rings (SSSR count). The van der Waals surface area contributed by atoms with Gasteiger partial charge in [-0.25, -0.2) is 13.1 Å². The Bertz CT molecular complexity index is 868. The molecule has 150 valence electrons. The van der Waals surface area contributed by atoms with Crippen LogP contribution in [0.1, 0.15) is 47.5 Å². The third-order valence-electron chi connectivity index (χ3n) is 5.11. The molecule has 0 aliphatic carbocycles. The lowest BCUT2D eigenvalue weighted by Gasteiger charge is -2.36. The third kappa shape index (κ3) is 5.25. The number of sulfonamides is 1. The van der Waals surface area contributed by atoms with Gasteiger partial charge in [-0.3, -0.25) is 0 Å². The molecule has 0 aromatic heterocycles. The molecule has 0 aliphatic rings. The first-order chi connectivity index (χ1) is 12.5. The predicted molar refractivity (Wildman–Crippen MR) is 116 cm³/mol. The summed E-state index contributed by atoms with van der Waals surface area (Å²) in [5, 5.41) is 13.3. The summed E-state index contributed by atoms with van der Waals surface area (Å²) in [4.78, 5) is 1.06. The van der Waals surface area contributed by atoms with Crippen LogP contribution in [0.2, 0.25) is 0 Å². The Balaban J connectivity index is 2.25. The Hall–Kier alpha value is -1.08. The zero-order chi connectivity index (χ0) is 20.3. The zero-order valence-electron chi connectivity index (χ0n) is 16.8. The van der Waals surface area contributed by atoms with Crippen LogP contribution in [-0.4, -0.2) is 35.7 Å². The van der Waals surface area contributed by atoms with Crippen molar-refractivity contribution in [2.24, 2.45) is 0 Å². The maximum atomic E-state index is 12.7. The van der Waals surface area contributed by atoms with E-state index in [1.54, 1.807) is 32.5 Å². The predicted octanol–water partition coefficient (Wildman–Crippen LogP) is 4.57. The molecule has 0 bridgehead atoms. The van der Waals surface area contributed by atoms with Crippen LogP contribution in [0.4, 0.5) is 0 Å². The van der Waals surface area contributed by atoms with Gasteiger partial charge in [0.2, 0.25) is 10.0 Å². The fraction of sp³-hybridized carbons (Fsp3) is 0.524. The van der Waals surface area contributed by atoms with Crippen molar-refractivity contribution in [2.45, 2.75) is 68.7 Å². The maximum Gasteiger partial charge on any atom is 0.216 e. The molecule has 2 aromatic rings. The smallest absolute Gasteiger partial charge is 0.216 e. The van der Waals surface area contributed by atoms with Crippen LogP contribution in [0.25, 0.3) is 10.8 Å². The lowest BCUT2D eigenvalue weighted by atomic mass is 9.90. The van der Waals surface area contributed by atoms with Crippen molar-refractivity contribution in [3.63, 3.8) is 0 Å². The minimum Gasteiger partial charge on any atom is -0.388 e. The van der Waals surface area contributed by atoms with E-state index in [4.69, 9.17) is 0 Å². The van der Waals surface area contributed by atoms with E-state index in [9.17, 15) is 13.5 Å². The highest BCUT2D eigenvalue weighted by molar-refractivity contribution is 7.99. The molecule has 27 heavy (non-hydrogen) atoms. The second kappa shape index (κ2) is 8.52. The third-order valence-corrected chi connectivity index (χ3v) is 8.41. The normalized spacial score (nSPS) is 14.4. The van der Waals surface area contributed by atoms with Gasteiger partial charge in [0.15, 0.2) is 0 Å². The van der Waals surface area contributed by atoms with Crippen LogP contribution in [-0.2, 0) is 10.0 Å². The van der Waals surface area contributed by atoms with Crippen molar-refractivity contribution < 1.29 is 13.5 Å². The lowest BCUT2D eigenvalue weighted by molar-refractivity contribution is 0.00817. The van der Waals surface area contributed by atoms with E-state index in [1.165, 1.54) is 5.39 Å². The van der Waals surface area contributed by atoms with Crippen molar-refractivity contribution in [1.29, 1.82) is 0 Å². The Morgan fingerprint density at radius 3 is 2.19 bits per heavy atom. The Labute approximate surface area is 167 Å². The molecule has 0 radical (unpaired) electrons. The second-order valence-corrected chi connectivity index (χ2v) is 11.5. The maximum absolute atomic E-state index is 12.7. The first kappa shape index (κ1) is 22.2. The summed E-state index contributed by atoms with van der Waals surface area (Å²) in [6.07, 6.45) is 0.970. The summed E-state index contributed by atoms with van der Waals surface area (Å²) in [5.74, 6) is 0.464. The molecule has 0 unspecified atom stereocenters. The number of benzene rings is 2. The molecule has 0 saturated carbocycles. The van der Waals surface area contributed by atoms with Crippen LogP contribution in [0.15, 0.2) is 47.4 Å². The summed E-state index contributed by atoms with van der Waals surface area (Å²) in [7, 11) is -3.56. The van der Waals surface area contributed by atoms with E-state index in [0.29, 0.717) is 18.6 Å². The molecule has 0 fully saturated rings. The quantitative estimate of drug-likeness (QED) is 0.627. The van der Waals surface area contributed by atoms with Gasteiger partial charge in [0.1, 0.15) is 0 Å². The van der Waals surface area contributed by atoms with Crippen LogP contribution in [0.5, 0.6) is 0 Å². The molecule has 2 aromatic carbocycles.